The number of carbonyl (C=O) groups is 1. The number of nitrogens with zero attached hydrogens (tertiary/aromatic N) is 2. The Balaban J connectivity index is 1.48. The smallest absolute Gasteiger partial charge is 0.225 e. The van der Waals surface area contributed by atoms with Crippen LogP contribution in [0.3, 0.4) is 0 Å². The van der Waals surface area contributed by atoms with E-state index in [1.54, 1.807) is 12.1 Å². The van der Waals surface area contributed by atoms with E-state index in [1.165, 1.54) is 19.3 Å². The summed E-state index contributed by atoms with van der Waals surface area (Å²) < 4.78 is 0. The lowest BCUT2D eigenvalue weighted by molar-refractivity contribution is -0.117. The number of phenolic OH excluding ortho intramolecular Hbond substituents is 1. The average Bonchev–Trinajstić information content (AvgIpc) is 2.83. The third-order valence-electron chi connectivity index (χ3n) is 6.66. The van der Waals surface area contributed by atoms with E-state index in [9.17, 15) is 9.90 Å². The Bertz CT molecular complexity index is 1180. The molecule has 0 radical (unpaired) electrons. The highest BCUT2D eigenvalue weighted by molar-refractivity contribution is 5.92. The van der Waals surface area contributed by atoms with E-state index in [-0.39, 0.29) is 11.7 Å². The molecule has 0 saturated heterocycles. The average molecular weight is 440 g/mol. The third-order valence-corrected chi connectivity index (χ3v) is 6.66. The molecule has 1 aromatic heterocycles. The maximum absolute atomic E-state index is 12.9. The molecule has 2 aliphatic rings. The molecule has 0 spiro atoms. The highest BCUT2D eigenvalue weighted by Gasteiger charge is 2.23. The molecular weight excluding hydrogens is 410 g/mol. The van der Waals surface area contributed by atoms with Gasteiger partial charge < -0.3 is 10.4 Å². The summed E-state index contributed by atoms with van der Waals surface area (Å²) in [5.74, 6) is 1.28. The minimum atomic E-state index is 0.0200. The Morgan fingerprint density at radius 2 is 1.82 bits per heavy atom. The normalized spacial score (nSPS) is 15.8. The van der Waals surface area contributed by atoms with Crippen molar-refractivity contribution in [2.45, 2.75) is 51.4 Å². The van der Waals surface area contributed by atoms with Gasteiger partial charge in [0, 0.05) is 12.0 Å². The molecule has 5 rings (SSSR count). The van der Waals surface area contributed by atoms with Gasteiger partial charge in [-0.25, -0.2) is 9.97 Å². The van der Waals surface area contributed by atoms with Crippen molar-refractivity contribution >= 4 is 23.9 Å². The van der Waals surface area contributed by atoms with E-state index in [2.05, 4.69) is 5.32 Å². The molecule has 1 saturated carbocycles. The van der Waals surface area contributed by atoms with Crippen LogP contribution in [0.5, 0.6) is 5.75 Å². The van der Waals surface area contributed by atoms with Gasteiger partial charge in [0.25, 0.3) is 0 Å². The topological polar surface area (TPSA) is 75.1 Å². The molecule has 0 atom stereocenters. The van der Waals surface area contributed by atoms with Crippen LogP contribution < -0.4 is 5.32 Å². The minimum absolute atomic E-state index is 0.0200. The van der Waals surface area contributed by atoms with Crippen LogP contribution in [0, 0.1) is 5.92 Å². The molecule has 0 unspecified atom stereocenters. The molecule has 0 bridgehead atoms. The summed E-state index contributed by atoms with van der Waals surface area (Å²) >= 11 is 0. The Hall–Kier alpha value is -3.47. The van der Waals surface area contributed by atoms with Crippen LogP contribution in [-0.2, 0) is 17.6 Å². The van der Waals surface area contributed by atoms with E-state index in [4.69, 9.17) is 9.97 Å². The monoisotopic (exact) mass is 439 g/mol. The van der Waals surface area contributed by atoms with Crippen molar-refractivity contribution in [3.8, 4) is 17.0 Å². The molecule has 168 valence electrons. The predicted molar refractivity (Wildman–Crippen MR) is 132 cm³/mol. The number of aryl methyl sites for hydroxylation is 2. The summed E-state index contributed by atoms with van der Waals surface area (Å²) in [6.45, 7) is 0. The molecule has 1 fully saturated rings. The van der Waals surface area contributed by atoms with Gasteiger partial charge >= 0.3 is 0 Å². The van der Waals surface area contributed by atoms with Gasteiger partial charge in [0.05, 0.1) is 11.4 Å². The van der Waals surface area contributed by atoms with Crippen LogP contribution in [0.15, 0.2) is 48.5 Å². The van der Waals surface area contributed by atoms with Crippen LogP contribution in [0.2, 0.25) is 0 Å². The fourth-order valence-corrected chi connectivity index (χ4v) is 4.93. The Morgan fingerprint density at radius 3 is 2.64 bits per heavy atom. The highest BCUT2D eigenvalue weighted by Crippen LogP contribution is 2.35. The maximum atomic E-state index is 12.9. The number of aromatic hydroxyl groups is 1. The Labute approximate surface area is 194 Å². The maximum Gasteiger partial charge on any atom is 0.225 e. The second-order valence-corrected chi connectivity index (χ2v) is 9.09. The number of rotatable bonds is 5. The van der Waals surface area contributed by atoms with E-state index in [1.807, 2.05) is 48.6 Å². The van der Waals surface area contributed by atoms with Gasteiger partial charge in [-0.05, 0) is 67.0 Å². The van der Waals surface area contributed by atoms with Crippen molar-refractivity contribution in [2.24, 2.45) is 5.92 Å². The molecule has 0 aliphatic heterocycles. The molecule has 5 heteroatoms. The minimum Gasteiger partial charge on any atom is -0.508 e. The SMILES string of the molecule is O=C(CC1CCCCC1)Nc1nc2c(nc1C=Cc1ccccc1)-c1ccc(O)cc1CC2. The van der Waals surface area contributed by atoms with E-state index in [0.29, 0.717) is 23.9 Å². The van der Waals surface area contributed by atoms with Gasteiger partial charge in [-0.15, -0.1) is 0 Å². The molecule has 33 heavy (non-hydrogen) atoms. The zero-order valence-corrected chi connectivity index (χ0v) is 18.8. The summed E-state index contributed by atoms with van der Waals surface area (Å²) in [5, 5.41) is 13.0. The number of aromatic nitrogens is 2. The van der Waals surface area contributed by atoms with Crippen LogP contribution >= 0.6 is 0 Å². The summed E-state index contributed by atoms with van der Waals surface area (Å²) in [5.41, 5.74) is 5.49. The third kappa shape index (κ3) is 4.98. The second-order valence-electron chi connectivity index (χ2n) is 9.09. The van der Waals surface area contributed by atoms with Gasteiger partial charge in [-0.3, -0.25) is 4.79 Å². The number of hydrogen-bond acceptors (Lipinski definition) is 4. The summed E-state index contributed by atoms with van der Waals surface area (Å²) in [7, 11) is 0. The van der Waals surface area contributed by atoms with Crippen LogP contribution in [0.4, 0.5) is 5.82 Å². The van der Waals surface area contributed by atoms with Crippen molar-refractivity contribution in [3.05, 3.63) is 71.0 Å². The lowest BCUT2D eigenvalue weighted by atomic mass is 9.87. The number of phenols is 1. The predicted octanol–water partition coefficient (Wildman–Crippen LogP) is 6.03. The standard InChI is InChI=1S/C28H29N3O2/c32-22-13-14-23-21(18-22)12-16-24-27(23)29-25(15-11-19-7-3-1-4-8-19)28(30-24)31-26(33)17-20-9-5-2-6-10-20/h1,3-4,7-8,11,13-15,18,20,32H,2,5-6,9-10,12,16-17H2,(H,30,31,33). The number of amides is 1. The van der Waals surface area contributed by atoms with Crippen molar-refractivity contribution < 1.29 is 9.90 Å². The van der Waals surface area contributed by atoms with Gasteiger partial charge in [-0.1, -0.05) is 55.7 Å². The first-order valence-electron chi connectivity index (χ1n) is 11.9. The number of benzene rings is 2. The molecule has 5 nitrogen and oxygen atoms in total. The van der Waals surface area contributed by atoms with E-state index in [0.717, 1.165) is 53.8 Å². The highest BCUT2D eigenvalue weighted by atomic mass is 16.3. The Morgan fingerprint density at radius 1 is 1.00 bits per heavy atom. The number of nitrogens with one attached hydrogen (secondary N) is 1. The second kappa shape index (κ2) is 9.57. The van der Waals surface area contributed by atoms with Gasteiger partial charge in [0.15, 0.2) is 5.82 Å². The van der Waals surface area contributed by atoms with Gasteiger partial charge in [0.1, 0.15) is 11.4 Å². The first-order valence-corrected chi connectivity index (χ1v) is 11.9. The molecule has 1 heterocycles. The molecule has 2 aliphatic carbocycles. The fourth-order valence-electron chi connectivity index (χ4n) is 4.93. The van der Waals surface area contributed by atoms with Gasteiger partial charge in [0.2, 0.25) is 5.91 Å². The van der Waals surface area contributed by atoms with Crippen molar-refractivity contribution in [1.82, 2.24) is 9.97 Å². The van der Waals surface area contributed by atoms with Crippen LogP contribution in [0.1, 0.15) is 61.0 Å². The number of carbonyl (C=O) groups excluding carboxylic acids is 1. The van der Waals surface area contributed by atoms with Gasteiger partial charge in [-0.2, -0.15) is 0 Å². The molecule has 2 N–H and O–H groups in total. The number of fused-ring (bicyclic) bond motifs is 3. The number of hydrogen-bond donors (Lipinski definition) is 2. The largest absolute Gasteiger partial charge is 0.508 e. The van der Waals surface area contributed by atoms with Crippen LogP contribution in [-0.4, -0.2) is 21.0 Å². The first-order chi connectivity index (χ1) is 16.2. The Kier molecular flexibility index (Phi) is 6.20. The van der Waals surface area contributed by atoms with E-state index >= 15 is 0 Å². The summed E-state index contributed by atoms with van der Waals surface area (Å²) in [6, 6.07) is 15.4. The molecule has 1 amide bonds. The molecule has 3 aromatic rings. The number of anilines is 1. The first kappa shape index (κ1) is 21.4. The molecular formula is C28H29N3O2. The van der Waals surface area contributed by atoms with Crippen molar-refractivity contribution in [3.63, 3.8) is 0 Å². The quantitative estimate of drug-likeness (QED) is 0.509. The molecule has 2 aromatic carbocycles. The van der Waals surface area contributed by atoms with Crippen LogP contribution in [0.25, 0.3) is 23.4 Å². The fraction of sp³-hybridized carbons (Fsp3) is 0.321. The lowest BCUT2D eigenvalue weighted by Gasteiger charge is -2.22. The van der Waals surface area contributed by atoms with E-state index < -0.39 is 0 Å². The van der Waals surface area contributed by atoms with Crippen molar-refractivity contribution in [2.75, 3.05) is 5.32 Å². The lowest BCUT2D eigenvalue weighted by Crippen LogP contribution is -2.21. The zero-order valence-electron chi connectivity index (χ0n) is 18.8. The zero-order chi connectivity index (χ0) is 22.6. The summed E-state index contributed by atoms with van der Waals surface area (Å²) in [6.07, 6.45) is 12.0. The van der Waals surface area contributed by atoms with Crippen molar-refractivity contribution in [1.29, 1.82) is 0 Å². The summed E-state index contributed by atoms with van der Waals surface area (Å²) in [4.78, 5) is 22.7.